The molecule has 232 valence electrons. The van der Waals surface area contributed by atoms with Crippen molar-refractivity contribution in [3.63, 3.8) is 0 Å². The van der Waals surface area contributed by atoms with Gasteiger partial charge in [-0.3, -0.25) is 14.6 Å². The van der Waals surface area contributed by atoms with Gasteiger partial charge in [-0.15, -0.1) is 0 Å². The summed E-state index contributed by atoms with van der Waals surface area (Å²) in [6.45, 7) is 2.06. The molecule has 0 bridgehead atoms. The largest absolute Gasteiger partial charge is 0.308 e. The van der Waals surface area contributed by atoms with Gasteiger partial charge < -0.3 is 4.57 Å². The number of nitrogens with zero attached hydrogens (tertiary/aromatic N) is 3. The van der Waals surface area contributed by atoms with Crippen LogP contribution < -0.4 is 4.90 Å². The molecule has 2 aromatic heterocycles. The minimum absolute atomic E-state index is 0.335. The predicted molar refractivity (Wildman–Crippen MR) is 197 cm³/mol. The van der Waals surface area contributed by atoms with Gasteiger partial charge in [-0.2, -0.15) is 0 Å². The molecule has 9 rings (SSSR count). The number of carbonyl (C=O) groups is 2. The molecule has 0 saturated carbocycles. The first-order chi connectivity index (χ1) is 24.1. The van der Waals surface area contributed by atoms with Crippen LogP contribution in [0.1, 0.15) is 26.3 Å². The third-order valence-corrected chi connectivity index (χ3v) is 9.57. The summed E-state index contributed by atoms with van der Waals surface area (Å²) in [5.41, 5.74) is 10.8. The van der Waals surface area contributed by atoms with E-state index in [0.29, 0.717) is 22.5 Å². The minimum atomic E-state index is -0.343. The van der Waals surface area contributed by atoms with Crippen LogP contribution in [0, 0.1) is 6.92 Å². The molecule has 0 atom stereocenters. The highest BCUT2D eigenvalue weighted by Gasteiger charge is 2.40. The van der Waals surface area contributed by atoms with E-state index in [1.807, 2.05) is 122 Å². The Balaban J connectivity index is 1.26. The van der Waals surface area contributed by atoms with E-state index >= 15 is 0 Å². The van der Waals surface area contributed by atoms with Crippen molar-refractivity contribution in [3.05, 3.63) is 175 Å². The van der Waals surface area contributed by atoms with E-state index in [1.54, 1.807) is 6.07 Å². The standard InChI is InChI=1S/C44H29N3O2/c1-28-27-45-24-23-33(28)32-20-22-36-35-15-8-9-17-38(35)46(41(36)26-32)39-18-10-16-37-42(39)44(49)47(43(37)48)40-25-31(29-11-4-2-5-12-29)19-21-34(40)30-13-6-3-7-14-30/h2-27H,1H3. The zero-order valence-electron chi connectivity index (χ0n) is 26.7. The van der Waals surface area contributed by atoms with Crippen molar-refractivity contribution in [2.75, 3.05) is 4.90 Å². The molecular formula is C44H29N3O2. The molecule has 1 aliphatic rings. The third kappa shape index (κ3) is 4.51. The van der Waals surface area contributed by atoms with Crippen molar-refractivity contribution < 1.29 is 9.59 Å². The summed E-state index contributed by atoms with van der Waals surface area (Å²) >= 11 is 0. The van der Waals surface area contributed by atoms with Crippen molar-refractivity contribution >= 4 is 39.3 Å². The van der Waals surface area contributed by atoms with Crippen molar-refractivity contribution in [3.8, 4) is 39.1 Å². The maximum atomic E-state index is 14.8. The molecule has 0 fully saturated rings. The van der Waals surface area contributed by atoms with Crippen LogP contribution in [0.4, 0.5) is 5.69 Å². The molecular weight excluding hydrogens is 603 g/mol. The average molecular weight is 632 g/mol. The molecule has 5 heteroatoms. The van der Waals surface area contributed by atoms with Gasteiger partial charge in [-0.05, 0) is 76.7 Å². The van der Waals surface area contributed by atoms with Crippen molar-refractivity contribution in [1.29, 1.82) is 0 Å². The van der Waals surface area contributed by atoms with Crippen LogP contribution in [-0.2, 0) is 0 Å². The van der Waals surface area contributed by atoms with Gasteiger partial charge in [-0.1, -0.05) is 109 Å². The molecule has 8 aromatic rings. The lowest BCUT2D eigenvalue weighted by Crippen LogP contribution is -2.30. The lowest BCUT2D eigenvalue weighted by molar-refractivity contribution is 0.0926. The van der Waals surface area contributed by atoms with Crippen LogP contribution in [0.15, 0.2) is 158 Å². The van der Waals surface area contributed by atoms with Gasteiger partial charge >= 0.3 is 0 Å². The van der Waals surface area contributed by atoms with Crippen LogP contribution in [-0.4, -0.2) is 21.4 Å². The Hall–Kier alpha value is -6.59. The number of imide groups is 1. The fourth-order valence-corrected chi connectivity index (χ4v) is 7.26. The SMILES string of the molecule is Cc1cnccc1-c1ccc2c3ccccc3n(-c3cccc4c3C(=O)N(c3cc(-c5ccccc5)ccc3-c3ccccc3)C4=O)c2c1. The summed E-state index contributed by atoms with van der Waals surface area (Å²) in [4.78, 5) is 35.0. The molecule has 1 aliphatic heterocycles. The molecule has 6 aromatic carbocycles. The number of para-hydroxylation sites is 1. The minimum Gasteiger partial charge on any atom is -0.308 e. The fraction of sp³-hybridized carbons (Fsp3) is 0.0227. The number of fused-ring (bicyclic) bond motifs is 4. The molecule has 0 aliphatic carbocycles. The van der Waals surface area contributed by atoms with E-state index in [-0.39, 0.29) is 11.8 Å². The Morgan fingerprint density at radius 1 is 0.490 bits per heavy atom. The smallest absolute Gasteiger partial charge is 0.268 e. The summed E-state index contributed by atoms with van der Waals surface area (Å²) in [7, 11) is 0. The first kappa shape index (κ1) is 28.6. The number of hydrogen-bond donors (Lipinski definition) is 0. The van der Waals surface area contributed by atoms with Gasteiger partial charge in [0, 0.05) is 28.7 Å². The number of pyridine rings is 1. The molecule has 0 saturated heterocycles. The maximum absolute atomic E-state index is 14.8. The van der Waals surface area contributed by atoms with Crippen molar-refractivity contribution in [2.45, 2.75) is 6.92 Å². The van der Waals surface area contributed by atoms with Gasteiger partial charge in [0.25, 0.3) is 11.8 Å². The number of aryl methyl sites for hydroxylation is 1. The van der Waals surface area contributed by atoms with E-state index in [4.69, 9.17) is 0 Å². The zero-order chi connectivity index (χ0) is 33.1. The summed E-state index contributed by atoms with van der Waals surface area (Å²) in [6, 6.07) is 48.2. The summed E-state index contributed by atoms with van der Waals surface area (Å²) < 4.78 is 2.14. The average Bonchev–Trinajstić information content (AvgIpc) is 3.62. The quantitative estimate of drug-likeness (QED) is 0.178. The number of rotatable bonds is 5. The lowest BCUT2D eigenvalue weighted by atomic mass is 9.97. The summed E-state index contributed by atoms with van der Waals surface area (Å²) in [6.07, 6.45) is 3.68. The van der Waals surface area contributed by atoms with Gasteiger partial charge in [-0.25, -0.2) is 4.90 Å². The molecule has 0 radical (unpaired) electrons. The predicted octanol–water partition coefficient (Wildman–Crippen LogP) is 10.3. The second-order valence-corrected chi connectivity index (χ2v) is 12.4. The van der Waals surface area contributed by atoms with Gasteiger partial charge in [0.1, 0.15) is 0 Å². The Kier molecular flexibility index (Phi) is 6.59. The second-order valence-electron chi connectivity index (χ2n) is 12.4. The first-order valence-corrected chi connectivity index (χ1v) is 16.3. The number of anilines is 1. The molecule has 0 unspecified atom stereocenters. The normalized spacial score (nSPS) is 12.6. The number of carbonyl (C=O) groups excluding carboxylic acids is 2. The zero-order valence-corrected chi connectivity index (χ0v) is 26.7. The van der Waals surface area contributed by atoms with Crippen LogP contribution >= 0.6 is 0 Å². The van der Waals surface area contributed by atoms with E-state index in [1.165, 1.54) is 4.90 Å². The second kappa shape index (κ2) is 11.3. The Morgan fingerprint density at radius 2 is 1.20 bits per heavy atom. The Bertz CT molecular complexity index is 2600. The summed E-state index contributed by atoms with van der Waals surface area (Å²) in [5, 5.41) is 2.14. The van der Waals surface area contributed by atoms with Gasteiger partial charge in [0.05, 0.1) is 33.5 Å². The molecule has 49 heavy (non-hydrogen) atoms. The monoisotopic (exact) mass is 631 g/mol. The third-order valence-electron chi connectivity index (χ3n) is 9.57. The molecule has 5 nitrogen and oxygen atoms in total. The van der Waals surface area contributed by atoms with Crippen molar-refractivity contribution in [2.24, 2.45) is 0 Å². The highest BCUT2D eigenvalue weighted by Crippen LogP contribution is 2.42. The number of benzene rings is 6. The molecule has 3 heterocycles. The van der Waals surface area contributed by atoms with E-state index in [9.17, 15) is 9.59 Å². The Morgan fingerprint density at radius 3 is 2.00 bits per heavy atom. The summed E-state index contributed by atoms with van der Waals surface area (Å²) in [5.74, 6) is -0.678. The van der Waals surface area contributed by atoms with Crippen molar-refractivity contribution in [1.82, 2.24) is 9.55 Å². The molecule has 2 amide bonds. The van der Waals surface area contributed by atoms with Gasteiger partial charge in [0.15, 0.2) is 0 Å². The van der Waals surface area contributed by atoms with Crippen LogP contribution in [0.5, 0.6) is 0 Å². The van der Waals surface area contributed by atoms with Gasteiger partial charge in [0.2, 0.25) is 0 Å². The van der Waals surface area contributed by atoms with E-state index in [0.717, 1.165) is 60.8 Å². The van der Waals surface area contributed by atoms with Crippen LogP contribution in [0.3, 0.4) is 0 Å². The number of hydrogen-bond acceptors (Lipinski definition) is 3. The first-order valence-electron chi connectivity index (χ1n) is 16.3. The Labute approximate surface area is 283 Å². The molecule has 0 spiro atoms. The van der Waals surface area contributed by atoms with Crippen LogP contribution in [0.25, 0.3) is 60.9 Å². The van der Waals surface area contributed by atoms with E-state index in [2.05, 4.69) is 46.8 Å². The number of aromatic nitrogens is 2. The topological polar surface area (TPSA) is 55.2 Å². The number of amides is 2. The highest BCUT2D eigenvalue weighted by molar-refractivity contribution is 6.36. The molecule has 0 N–H and O–H groups in total. The highest BCUT2D eigenvalue weighted by atomic mass is 16.2. The van der Waals surface area contributed by atoms with Crippen LogP contribution in [0.2, 0.25) is 0 Å². The fourth-order valence-electron chi connectivity index (χ4n) is 7.26. The lowest BCUT2D eigenvalue weighted by Gasteiger charge is -2.20. The van der Waals surface area contributed by atoms with E-state index < -0.39 is 0 Å². The maximum Gasteiger partial charge on any atom is 0.268 e.